The van der Waals surface area contributed by atoms with Crippen molar-refractivity contribution in [1.82, 2.24) is 9.97 Å². The number of anilines is 2. The summed E-state index contributed by atoms with van der Waals surface area (Å²) in [5.74, 6) is 0.551. The van der Waals surface area contributed by atoms with E-state index < -0.39 is 5.97 Å². The summed E-state index contributed by atoms with van der Waals surface area (Å²) in [7, 11) is 1.49. The van der Waals surface area contributed by atoms with Gasteiger partial charge in [-0.15, -0.1) is 0 Å². The fourth-order valence-corrected chi connectivity index (χ4v) is 2.19. The second kappa shape index (κ2) is 5.80. The first-order chi connectivity index (χ1) is 11.1. The third-order valence-corrected chi connectivity index (χ3v) is 3.25. The summed E-state index contributed by atoms with van der Waals surface area (Å²) in [5.41, 5.74) is 12.3. The van der Waals surface area contributed by atoms with E-state index in [0.717, 1.165) is 0 Å². The Balaban J connectivity index is 1.94. The van der Waals surface area contributed by atoms with Crippen LogP contribution in [0.5, 0.6) is 11.5 Å². The van der Waals surface area contributed by atoms with Crippen LogP contribution in [0.2, 0.25) is 0 Å². The van der Waals surface area contributed by atoms with Gasteiger partial charge in [-0.1, -0.05) is 12.1 Å². The first-order valence-corrected chi connectivity index (χ1v) is 6.76. The summed E-state index contributed by atoms with van der Waals surface area (Å²) < 4.78 is 10.5. The number of hydrogen-bond donors (Lipinski definition) is 2. The highest BCUT2D eigenvalue weighted by atomic mass is 16.5. The molecule has 3 aromatic rings. The normalized spacial score (nSPS) is 10.5. The minimum Gasteiger partial charge on any atom is -0.496 e. The van der Waals surface area contributed by atoms with Crippen molar-refractivity contribution in [1.29, 1.82) is 0 Å². The molecule has 1 aromatic heterocycles. The quantitative estimate of drug-likeness (QED) is 0.562. The van der Waals surface area contributed by atoms with Crippen molar-refractivity contribution in [2.75, 3.05) is 18.6 Å². The van der Waals surface area contributed by atoms with E-state index in [-0.39, 0.29) is 11.8 Å². The second-order valence-electron chi connectivity index (χ2n) is 4.74. The van der Waals surface area contributed by atoms with E-state index in [4.69, 9.17) is 20.9 Å². The molecule has 7 heteroatoms. The molecule has 7 nitrogen and oxygen atoms in total. The van der Waals surface area contributed by atoms with Crippen molar-refractivity contribution in [2.24, 2.45) is 0 Å². The van der Waals surface area contributed by atoms with Gasteiger partial charge in [-0.25, -0.2) is 9.78 Å². The lowest BCUT2D eigenvalue weighted by molar-refractivity contribution is 0.0731. The number of methoxy groups -OCH3 is 1. The summed E-state index contributed by atoms with van der Waals surface area (Å²) in [6.45, 7) is 0. The first-order valence-electron chi connectivity index (χ1n) is 6.76. The van der Waals surface area contributed by atoms with Gasteiger partial charge in [0.2, 0.25) is 5.95 Å². The van der Waals surface area contributed by atoms with Crippen molar-refractivity contribution < 1.29 is 14.3 Å². The molecule has 0 amide bonds. The van der Waals surface area contributed by atoms with Crippen LogP contribution >= 0.6 is 0 Å². The van der Waals surface area contributed by atoms with Crippen LogP contribution < -0.4 is 20.9 Å². The van der Waals surface area contributed by atoms with Crippen molar-refractivity contribution in [3.63, 3.8) is 0 Å². The molecule has 0 aliphatic rings. The Morgan fingerprint density at radius 3 is 2.65 bits per heavy atom. The van der Waals surface area contributed by atoms with Crippen molar-refractivity contribution in [3.8, 4) is 11.5 Å². The van der Waals surface area contributed by atoms with E-state index >= 15 is 0 Å². The highest BCUT2D eigenvalue weighted by Gasteiger charge is 2.14. The number of nitrogens with zero attached hydrogens (tertiary/aromatic N) is 2. The number of benzene rings is 2. The zero-order valence-electron chi connectivity index (χ0n) is 12.3. The molecule has 3 rings (SSSR count). The Labute approximate surface area is 131 Å². The van der Waals surface area contributed by atoms with E-state index in [1.165, 1.54) is 7.11 Å². The second-order valence-corrected chi connectivity index (χ2v) is 4.74. The Bertz CT molecular complexity index is 896. The number of rotatable bonds is 3. The van der Waals surface area contributed by atoms with E-state index in [9.17, 15) is 4.79 Å². The van der Waals surface area contributed by atoms with Crippen molar-refractivity contribution >= 4 is 28.6 Å². The molecule has 0 atom stereocenters. The van der Waals surface area contributed by atoms with Gasteiger partial charge < -0.3 is 20.9 Å². The first kappa shape index (κ1) is 14.6. The molecule has 0 aliphatic heterocycles. The Kier molecular flexibility index (Phi) is 3.68. The van der Waals surface area contributed by atoms with Crippen molar-refractivity contribution in [3.05, 3.63) is 48.0 Å². The lowest BCUT2D eigenvalue weighted by Gasteiger charge is -2.09. The van der Waals surface area contributed by atoms with Crippen LogP contribution in [0.15, 0.2) is 42.5 Å². The molecule has 2 aromatic carbocycles. The molecule has 1 heterocycles. The van der Waals surface area contributed by atoms with Crippen LogP contribution in [0, 0.1) is 0 Å². The largest absolute Gasteiger partial charge is 0.496 e. The molecule has 0 saturated heterocycles. The molecule has 116 valence electrons. The highest BCUT2D eigenvalue weighted by molar-refractivity contribution is 5.95. The summed E-state index contributed by atoms with van der Waals surface area (Å²) in [6.07, 6.45) is 0. The number of para-hydroxylation sites is 1. The molecule has 0 unspecified atom stereocenters. The number of aromatic nitrogens is 2. The SMILES string of the molecule is COc1ccccc1C(=O)Oc1ccc2nc(N)nc(N)c2c1. The maximum absolute atomic E-state index is 12.3. The molecule has 0 spiro atoms. The van der Waals surface area contributed by atoms with Crippen LogP contribution in [0.3, 0.4) is 0 Å². The van der Waals surface area contributed by atoms with E-state index in [2.05, 4.69) is 9.97 Å². The van der Waals surface area contributed by atoms with Gasteiger partial charge in [0.15, 0.2) is 0 Å². The maximum atomic E-state index is 12.3. The average Bonchev–Trinajstić information content (AvgIpc) is 2.55. The van der Waals surface area contributed by atoms with E-state index in [1.807, 2.05) is 0 Å². The van der Waals surface area contributed by atoms with E-state index in [1.54, 1.807) is 42.5 Å². The summed E-state index contributed by atoms with van der Waals surface area (Å²) >= 11 is 0. The summed E-state index contributed by atoms with van der Waals surface area (Å²) in [4.78, 5) is 20.2. The summed E-state index contributed by atoms with van der Waals surface area (Å²) in [5, 5.41) is 0.560. The van der Waals surface area contributed by atoms with Gasteiger partial charge in [-0.2, -0.15) is 4.98 Å². The van der Waals surface area contributed by atoms with Gasteiger partial charge in [0, 0.05) is 5.39 Å². The maximum Gasteiger partial charge on any atom is 0.347 e. The fourth-order valence-electron chi connectivity index (χ4n) is 2.19. The predicted octanol–water partition coefficient (Wildman–Crippen LogP) is 2.02. The number of hydrogen-bond acceptors (Lipinski definition) is 7. The van der Waals surface area contributed by atoms with Crippen molar-refractivity contribution in [2.45, 2.75) is 0 Å². The van der Waals surface area contributed by atoms with Gasteiger partial charge >= 0.3 is 5.97 Å². The number of fused-ring (bicyclic) bond motifs is 1. The van der Waals surface area contributed by atoms with Crippen LogP contribution in [-0.2, 0) is 0 Å². The van der Waals surface area contributed by atoms with Gasteiger partial charge in [0.05, 0.1) is 12.6 Å². The zero-order valence-corrected chi connectivity index (χ0v) is 12.3. The number of carbonyl (C=O) groups is 1. The highest BCUT2D eigenvalue weighted by Crippen LogP contribution is 2.26. The van der Waals surface area contributed by atoms with Crippen LogP contribution in [0.4, 0.5) is 11.8 Å². The topological polar surface area (TPSA) is 113 Å². The average molecular weight is 310 g/mol. The number of carbonyl (C=O) groups excluding carboxylic acids is 1. The molecule has 0 fully saturated rings. The fraction of sp³-hybridized carbons (Fsp3) is 0.0625. The minimum absolute atomic E-state index is 0.0915. The van der Waals surface area contributed by atoms with Gasteiger partial charge in [-0.05, 0) is 30.3 Å². The Hall–Kier alpha value is -3.35. The van der Waals surface area contributed by atoms with E-state index in [0.29, 0.717) is 28.0 Å². The predicted molar refractivity (Wildman–Crippen MR) is 86.3 cm³/mol. The number of nitrogen functional groups attached to an aromatic ring is 2. The number of esters is 1. The van der Waals surface area contributed by atoms with Gasteiger partial charge in [0.1, 0.15) is 22.9 Å². The van der Waals surface area contributed by atoms with Crippen LogP contribution in [0.1, 0.15) is 10.4 Å². The minimum atomic E-state index is -0.531. The van der Waals surface area contributed by atoms with Crippen LogP contribution in [0.25, 0.3) is 10.9 Å². The lowest BCUT2D eigenvalue weighted by Crippen LogP contribution is -2.10. The number of ether oxygens (including phenoxy) is 2. The molecule has 0 bridgehead atoms. The monoisotopic (exact) mass is 310 g/mol. The third-order valence-electron chi connectivity index (χ3n) is 3.25. The zero-order chi connectivity index (χ0) is 16.4. The molecule has 0 aliphatic carbocycles. The molecule has 23 heavy (non-hydrogen) atoms. The standard InChI is InChI=1S/C16H14N4O3/c1-22-13-5-3-2-4-10(13)15(21)23-9-6-7-12-11(8-9)14(17)20-16(18)19-12/h2-8H,1H3,(H4,17,18,19,20). The summed E-state index contributed by atoms with van der Waals surface area (Å²) in [6, 6.07) is 11.7. The lowest BCUT2D eigenvalue weighted by atomic mass is 10.2. The molecule has 0 saturated carbocycles. The third kappa shape index (κ3) is 2.84. The Morgan fingerprint density at radius 1 is 1.09 bits per heavy atom. The molecular formula is C16H14N4O3. The van der Waals surface area contributed by atoms with Gasteiger partial charge in [-0.3, -0.25) is 0 Å². The molecule has 0 radical (unpaired) electrons. The van der Waals surface area contributed by atoms with Gasteiger partial charge in [0.25, 0.3) is 0 Å². The van der Waals surface area contributed by atoms with Crippen LogP contribution in [-0.4, -0.2) is 23.0 Å². The molecular weight excluding hydrogens is 296 g/mol. The number of nitrogens with two attached hydrogens (primary N) is 2. The Morgan fingerprint density at radius 2 is 1.87 bits per heavy atom. The molecule has 4 N–H and O–H groups in total. The smallest absolute Gasteiger partial charge is 0.347 e.